The maximum absolute atomic E-state index is 11.1. The number of nitrogens with one attached hydrogen (secondary N) is 1. The van der Waals surface area contributed by atoms with Gasteiger partial charge in [0.1, 0.15) is 6.61 Å². The monoisotopic (exact) mass is 201 g/mol. The van der Waals surface area contributed by atoms with Crippen molar-refractivity contribution in [3.05, 3.63) is 0 Å². The van der Waals surface area contributed by atoms with Crippen LogP contribution in [0.4, 0.5) is 4.79 Å². The summed E-state index contributed by atoms with van der Waals surface area (Å²) in [6, 6.07) is -0.662. The Bertz CT molecular complexity index is 232. The van der Waals surface area contributed by atoms with E-state index in [2.05, 4.69) is 5.32 Å². The summed E-state index contributed by atoms with van der Waals surface area (Å²) in [7, 11) is 0. The zero-order chi connectivity index (χ0) is 10.6. The Balaban J connectivity index is 2.43. The van der Waals surface area contributed by atoms with Gasteiger partial charge in [-0.05, 0) is 12.8 Å². The fourth-order valence-corrected chi connectivity index (χ4v) is 1.62. The third-order valence-corrected chi connectivity index (χ3v) is 2.26. The average Bonchev–Trinajstić information content (AvgIpc) is 2.16. The van der Waals surface area contributed by atoms with Crippen molar-refractivity contribution in [2.24, 2.45) is 5.73 Å². The molecule has 6 heteroatoms. The SMILES string of the molecule is NC(=O)N[C@@H]1CCCN(C(=O)CO)C1. The van der Waals surface area contributed by atoms with Crippen molar-refractivity contribution < 1.29 is 14.7 Å². The molecule has 0 bridgehead atoms. The number of nitrogens with two attached hydrogens (primary N) is 1. The standard InChI is InChI=1S/C8H15N3O3/c9-8(14)10-6-2-1-3-11(4-6)7(13)5-12/h6,12H,1-5H2,(H3,9,10,14)/t6-/m1/s1. The van der Waals surface area contributed by atoms with E-state index in [4.69, 9.17) is 10.8 Å². The van der Waals surface area contributed by atoms with Crippen LogP contribution in [0.2, 0.25) is 0 Å². The number of carbonyl (C=O) groups excluding carboxylic acids is 2. The molecule has 0 unspecified atom stereocenters. The highest BCUT2D eigenvalue weighted by Crippen LogP contribution is 2.09. The summed E-state index contributed by atoms with van der Waals surface area (Å²) in [6.45, 7) is 0.585. The predicted octanol–water partition coefficient (Wildman–Crippen LogP) is -1.36. The summed E-state index contributed by atoms with van der Waals surface area (Å²) in [4.78, 5) is 23.2. The van der Waals surface area contributed by atoms with Gasteiger partial charge in [0.2, 0.25) is 5.91 Å². The van der Waals surface area contributed by atoms with Gasteiger partial charge in [-0.2, -0.15) is 0 Å². The van der Waals surface area contributed by atoms with E-state index in [9.17, 15) is 9.59 Å². The quantitative estimate of drug-likeness (QED) is 0.514. The number of amides is 3. The highest BCUT2D eigenvalue weighted by molar-refractivity contribution is 5.77. The number of rotatable bonds is 2. The molecule has 1 rings (SSSR count). The molecule has 0 saturated carbocycles. The molecule has 1 saturated heterocycles. The normalized spacial score (nSPS) is 21.8. The lowest BCUT2D eigenvalue weighted by Gasteiger charge is -2.32. The second-order valence-corrected chi connectivity index (χ2v) is 3.35. The summed E-state index contributed by atoms with van der Waals surface area (Å²) < 4.78 is 0. The average molecular weight is 201 g/mol. The Morgan fingerprint density at radius 2 is 2.29 bits per heavy atom. The van der Waals surface area contributed by atoms with E-state index >= 15 is 0 Å². The van der Waals surface area contributed by atoms with Crippen LogP contribution in [0.5, 0.6) is 0 Å². The van der Waals surface area contributed by atoms with E-state index in [1.165, 1.54) is 4.90 Å². The minimum atomic E-state index is -0.576. The second-order valence-electron chi connectivity index (χ2n) is 3.35. The molecule has 0 radical (unpaired) electrons. The number of carbonyl (C=O) groups is 2. The molecule has 0 aromatic heterocycles. The fourth-order valence-electron chi connectivity index (χ4n) is 1.62. The van der Waals surface area contributed by atoms with Gasteiger partial charge in [0.25, 0.3) is 0 Å². The van der Waals surface area contributed by atoms with Gasteiger partial charge >= 0.3 is 6.03 Å². The van der Waals surface area contributed by atoms with Gasteiger partial charge in [0, 0.05) is 19.1 Å². The molecule has 4 N–H and O–H groups in total. The largest absolute Gasteiger partial charge is 0.387 e. The van der Waals surface area contributed by atoms with Gasteiger partial charge in [-0.15, -0.1) is 0 Å². The molecule has 80 valence electrons. The molecular weight excluding hydrogens is 186 g/mol. The lowest BCUT2D eigenvalue weighted by molar-refractivity contribution is -0.135. The van der Waals surface area contributed by atoms with E-state index in [0.717, 1.165) is 12.8 Å². The Kier molecular flexibility index (Phi) is 3.70. The molecular formula is C8H15N3O3. The van der Waals surface area contributed by atoms with Crippen LogP contribution in [0.3, 0.4) is 0 Å². The first-order valence-corrected chi connectivity index (χ1v) is 4.58. The molecule has 0 aromatic rings. The summed E-state index contributed by atoms with van der Waals surface area (Å²) >= 11 is 0. The van der Waals surface area contributed by atoms with Crippen molar-refractivity contribution in [2.75, 3.05) is 19.7 Å². The number of likely N-dealkylation sites (tertiary alicyclic amines) is 1. The number of piperidine rings is 1. The molecule has 0 aromatic carbocycles. The third kappa shape index (κ3) is 2.88. The number of nitrogens with zero attached hydrogens (tertiary/aromatic N) is 1. The Labute approximate surface area is 82.1 Å². The maximum Gasteiger partial charge on any atom is 0.312 e. The van der Waals surface area contributed by atoms with Gasteiger partial charge in [0.05, 0.1) is 0 Å². The van der Waals surface area contributed by atoms with Crippen molar-refractivity contribution in [3.63, 3.8) is 0 Å². The molecule has 0 spiro atoms. The van der Waals surface area contributed by atoms with Gasteiger partial charge in [-0.25, -0.2) is 4.79 Å². The number of hydrogen-bond acceptors (Lipinski definition) is 3. The number of aliphatic hydroxyl groups excluding tert-OH is 1. The molecule has 1 atom stereocenters. The van der Waals surface area contributed by atoms with Crippen LogP contribution >= 0.6 is 0 Å². The van der Waals surface area contributed by atoms with E-state index < -0.39 is 12.6 Å². The van der Waals surface area contributed by atoms with Crippen LogP contribution < -0.4 is 11.1 Å². The van der Waals surface area contributed by atoms with Crippen LogP contribution in [0, 0.1) is 0 Å². The highest BCUT2D eigenvalue weighted by Gasteiger charge is 2.23. The number of urea groups is 1. The maximum atomic E-state index is 11.1. The minimum Gasteiger partial charge on any atom is -0.387 e. The number of aliphatic hydroxyl groups is 1. The first-order chi connectivity index (χ1) is 6.63. The summed E-state index contributed by atoms with van der Waals surface area (Å²) in [5.41, 5.74) is 4.97. The zero-order valence-electron chi connectivity index (χ0n) is 7.90. The molecule has 3 amide bonds. The summed E-state index contributed by atoms with van der Waals surface area (Å²) in [6.07, 6.45) is 1.63. The van der Waals surface area contributed by atoms with Crippen LogP contribution in [-0.2, 0) is 4.79 Å². The van der Waals surface area contributed by atoms with Crippen molar-refractivity contribution in [1.82, 2.24) is 10.2 Å². The van der Waals surface area contributed by atoms with Gasteiger partial charge in [-0.3, -0.25) is 4.79 Å². The van der Waals surface area contributed by atoms with Gasteiger partial charge < -0.3 is 21.1 Å². The lowest BCUT2D eigenvalue weighted by Crippen LogP contribution is -2.51. The Morgan fingerprint density at radius 1 is 1.57 bits per heavy atom. The number of hydrogen-bond donors (Lipinski definition) is 3. The smallest absolute Gasteiger partial charge is 0.312 e. The van der Waals surface area contributed by atoms with E-state index in [1.54, 1.807) is 0 Å². The Morgan fingerprint density at radius 3 is 2.86 bits per heavy atom. The molecule has 1 heterocycles. The van der Waals surface area contributed by atoms with Crippen LogP contribution in [0.15, 0.2) is 0 Å². The van der Waals surface area contributed by atoms with Crippen molar-refractivity contribution in [1.29, 1.82) is 0 Å². The third-order valence-electron chi connectivity index (χ3n) is 2.26. The van der Waals surface area contributed by atoms with Gasteiger partial charge in [0.15, 0.2) is 0 Å². The topological polar surface area (TPSA) is 95.7 Å². The predicted molar refractivity (Wildman–Crippen MR) is 49.4 cm³/mol. The van der Waals surface area contributed by atoms with Crippen molar-refractivity contribution >= 4 is 11.9 Å². The van der Waals surface area contributed by atoms with Crippen molar-refractivity contribution in [2.45, 2.75) is 18.9 Å². The summed E-state index contributed by atoms with van der Waals surface area (Å²) in [5, 5.41) is 11.2. The first-order valence-electron chi connectivity index (χ1n) is 4.58. The minimum absolute atomic E-state index is 0.0863. The van der Waals surface area contributed by atoms with Crippen molar-refractivity contribution in [3.8, 4) is 0 Å². The molecule has 14 heavy (non-hydrogen) atoms. The molecule has 1 aliphatic heterocycles. The van der Waals surface area contributed by atoms with Crippen LogP contribution in [0.1, 0.15) is 12.8 Å². The molecule has 1 aliphatic rings. The van der Waals surface area contributed by atoms with Crippen LogP contribution in [-0.4, -0.2) is 47.7 Å². The number of primary amides is 1. The Hall–Kier alpha value is -1.30. The molecule has 6 nitrogen and oxygen atoms in total. The molecule has 0 aliphatic carbocycles. The first kappa shape index (κ1) is 10.8. The van der Waals surface area contributed by atoms with E-state index in [-0.39, 0.29) is 11.9 Å². The summed E-state index contributed by atoms with van der Waals surface area (Å²) in [5.74, 6) is -0.305. The fraction of sp³-hybridized carbons (Fsp3) is 0.750. The molecule has 1 fully saturated rings. The van der Waals surface area contributed by atoms with Gasteiger partial charge in [-0.1, -0.05) is 0 Å². The van der Waals surface area contributed by atoms with E-state index in [1.807, 2.05) is 0 Å². The highest BCUT2D eigenvalue weighted by atomic mass is 16.3. The zero-order valence-corrected chi connectivity index (χ0v) is 7.90. The second kappa shape index (κ2) is 4.80. The lowest BCUT2D eigenvalue weighted by atomic mass is 10.1. The van der Waals surface area contributed by atoms with Crippen LogP contribution in [0.25, 0.3) is 0 Å². The van der Waals surface area contributed by atoms with E-state index in [0.29, 0.717) is 13.1 Å².